The summed E-state index contributed by atoms with van der Waals surface area (Å²) in [6.45, 7) is 4.01. The molecule has 0 spiro atoms. The minimum absolute atomic E-state index is 0.111. The van der Waals surface area contributed by atoms with Gasteiger partial charge in [0.05, 0.1) is 0 Å². The van der Waals surface area contributed by atoms with Crippen molar-refractivity contribution in [3.63, 3.8) is 0 Å². The number of rotatable bonds is 8. The Balaban J connectivity index is 1.71. The Hall–Kier alpha value is -2.53. The molecule has 1 aliphatic rings. The maximum Gasteiger partial charge on any atom is 0.261 e. The summed E-state index contributed by atoms with van der Waals surface area (Å²) in [6, 6.07) is 14.4. The second-order valence-corrected chi connectivity index (χ2v) is 8.65. The van der Waals surface area contributed by atoms with Crippen molar-refractivity contribution in [1.29, 1.82) is 0 Å². The number of halogens is 1. The van der Waals surface area contributed by atoms with Gasteiger partial charge in [0, 0.05) is 17.6 Å². The van der Waals surface area contributed by atoms with Gasteiger partial charge >= 0.3 is 0 Å². The van der Waals surface area contributed by atoms with E-state index >= 15 is 0 Å². The zero-order valence-electron chi connectivity index (χ0n) is 18.3. The molecule has 31 heavy (non-hydrogen) atoms. The molecule has 1 saturated carbocycles. The second-order valence-electron chi connectivity index (χ2n) is 8.21. The quantitative estimate of drug-likeness (QED) is 0.633. The molecule has 1 atom stereocenters. The Kier molecular flexibility index (Phi) is 8.35. The van der Waals surface area contributed by atoms with Crippen molar-refractivity contribution in [3.8, 4) is 5.75 Å². The molecule has 2 amide bonds. The molecule has 2 aromatic rings. The average Bonchev–Trinajstić information content (AvgIpc) is 2.78. The number of benzene rings is 2. The van der Waals surface area contributed by atoms with Crippen LogP contribution in [0.3, 0.4) is 0 Å². The minimum Gasteiger partial charge on any atom is -0.484 e. The standard InChI is InChI=1S/C25H31ClN2O3/c1-18-8-6-7-9-20(18)16-28(19(2)25(30)27-22-10-4-3-5-11-22)24(29)17-31-23-14-12-21(26)13-15-23/h6-9,12-15,19,22H,3-5,10-11,16-17H2,1-2H3,(H,27,30)/t19-/m1/s1. The third-order valence-corrected chi connectivity index (χ3v) is 6.15. The Labute approximate surface area is 189 Å². The highest BCUT2D eigenvalue weighted by atomic mass is 35.5. The number of nitrogens with one attached hydrogen (secondary N) is 1. The predicted octanol–water partition coefficient (Wildman–Crippen LogP) is 4.89. The van der Waals surface area contributed by atoms with Crippen LogP contribution in [0.2, 0.25) is 5.02 Å². The van der Waals surface area contributed by atoms with Gasteiger partial charge < -0.3 is 15.0 Å². The van der Waals surface area contributed by atoms with Gasteiger partial charge in [0.1, 0.15) is 11.8 Å². The summed E-state index contributed by atoms with van der Waals surface area (Å²) in [4.78, 5) is 27.7. The summed E-state index contributed by atoms with van der Waals surface area (Å²) < 4.78 is 5.67. The maximum absolute atomic E-state index is 13.1. The molecule has 0 aromatic heterocycles. The molecule has 5 nitrogen and oxygen atoms in total. The van der Waals surface area contributed by atoms with Crippen LogP contribution in [0.1, 0.15) is 50.2 Å². The summed E-state index contributed by atoms with van der Waals surface area (Å²) in [5.41, 5.74) is 2.10. The van der Waals surface area contributed by atoms with Gasteiger partial charge in [-0.15, -0.1) is 0 Å². The fourth-order valence-electron chi connectivity index (χ4n) is 3.88. The highest BCUT2D eigenvalue weighted by Crippen LogP contribution is 2.19. The first-order valence-corrected chi connectivity index (χ1v) is 11.3. The van der Waals surface area contributed by atoms with E-state index in [1.165, 1.54) is 6.42 Å². The van der Waals surface area contributed by atoms with Gasteiger partial charge in [-0.2, -0.15) is 0 Å². The third-order valence-electron chi connectivity index (χ3n) is 5.90. The van der Waals surface area contributed by atoms with E-state index in [-0.39, 0.29) is 24.5 Å². The molecule has 0 saturated heterocycles. The summed E-state index contributed by atoms with van der Waals surface area (Å²) in [5, 5.41) is 3.75. The van der Waals surface area contributed by atoms with Crippen LogP contribution in [0.15, 0.2) is 48.5 Å². The van der Waals surface area contributed by atoms with Crippen molar-refractivity contribution >= 4 is 23.4 Å². The van der Waals surface area contributed by atoms with E-state index in [0.717, 1.165) is 36.8 Å². The fourth-order valence-corrected chi connectivity index (χ4v) is 4.01. The molecule has 0 heterocycles. The van der Waals surface area contributed by atoms with Gasteiger partial charge in [0.2, 0.25) is 5.91 Å². The first kappa shape index (κ1) is 23.1. The number of ether oxygens (including phenoxy) is 1. The molecule has 2 aromatic carbocycles. The van der Waals surface area contributed by atoms with E-state index in [0.29, 0.717) is 17.3 Å². The minimum atomic E-state index is -0.595. The molecular weight excluding hydrogens is 412 g/mol. The number of hydrogen-bond donors (Lipinski definition) is 1. The third kappa shape index (κ3) is 6.73. The Morgan fingerprint density at radius 1 is 1.10 bits per heavy atom. The van der Waals surface area contributed by atoms with Crippen LogP contribution in [0.25, 0.3) is 0 Å². The maximum atomic E-state index is 13.1. The highest BCUT2D eigenvalue weighted by Gasteiger charge is 2.28. The summed E-state index contributed by atoms with van der Waals surface area (Å²) in [7, 11) is 0. The number of aryl methyl sites for hydroxylation is 1. The topological polar surface area (TPSA) is 58.6 Å². The molecule has 0 unspecified atom stereocenters. The summed E-state index contributed by atoms with van der Waals surface area (Å²) in [5.74, 6) is 0.220. The molecule has 1 N–H and O–H groups in total. The predicted molar refractivity (Wildman–Crippen MR) is 123 cm³/mol. The van der Waals surface area contributed by atoms with Crippen LogP contribution in [-0.2, 0) is 16.1 Å². The monoisotopic (exact) mass is 442 g/mol. The van der Waals surface area contributed by atoms with Crippen LogP contribution in [0.4, 0.5) is 0 Å². The fraction of sp³-hybridized carbons (Fsp3) is 0.440. The zero-order chi connectivity index (χ0) is 22.2. The lowest BCUT2D eigenvalue weighted by Gasteiger charge is -2.31. The van der Waals surface area contributed by atoms with E-state index < -0.39 is 6.04 Å². The first-order valence-electron chi connectivity index (χ1n) is 11.0. The number of carbonyl (C=O) groups excluding carboxylic acids is 2. The SMILES string of the molecule is Cc1ccccc1CN(C(=O)COc1ccc(Cl)cc1)[C@H](C)C(=O)NC1CCCCC1. The summed E-state index contributed by atoms with van der Waals surface area (Å²) in [6.07, 6.45) is 5.51. The largest absolute Gasteiger partial charge is 0.484 e. The molecular formula is C25H31ClN2O3. The molecule has 1 fully saturated rings. The molecule has 1 aliphatic carbocycles. The number of carbonyl (C=O) groups is 2. The molecule has 0 bridgehead atoms. The van der Waals surface area contributed by atoms with Crippen molar-refractivity contribution in [2.75, 3.05) is 6.61 Å². The number of hydrogen-bond acceptors (Lipinski definition) is 3. The Bertz CT molecular complexity index is 879. The van der Waals surface area contributed by atoms with Crippen LogP contribution in [0.5, 0.6) is 5.75 Å². The molecule has 0 aliphatic heterocycles. The smallest absolute Gasteiger partial charge is 0.261 e. The number of amides is 2. The van der Waals surface area contributed by atoms with E-state index in [1.54, 1.807) is 36.1 Å². The Morgan fingerprint density at radius 3 is 2.45 bits per heavy atom. The molecule has 3 rings (SSSR count). The van der Waals surface area contributed by atoms with Gasteiger partial charge in [-0.05, 0) is 62.1 Å². The van der Waals surface area contributed by atoms with Gasteiger partial charge in [0.15, 0.2) is 6.61 Å². The van der Waals surface area contributed by atoms with Crippen molar-refractivity contribution in [2.45, 2.75) is 64.6 Å². The van der Waals surface area contributed by atoms with Crippen molar-refractivity contribution in [2.24, 2.45) is 0 Å². The van der Waals surface area contributed by atoms with Crippen molar-refractivity contribution in [1.82, 2.24) is 10.2 Å². The molecule has 0 radical (unpaired) electrons. The number of nitrogens with zero attached hydrogens (tertiary/aromatic N) is 1. The van der Waals surface area contributed by atoms with Crippen molar-refractivity contribution < 1.29 is 14.3 Å². The lowest BCUT2D eigenvalue weighted by Crippen LogP contribution is -2.51. The van der Waals surface area contributed by atoms with E-state index in [2.05, 4.69) is 5.32 Å². The van der Waals surface area contributed by atoms with Gasteiger partial charge in [0.25, 0.3) is 5.91 Å². The lowest BCUT2D eigenvalue weighted by molar-refractivity contribution is -0.142. The van der Waals surface area contributed by atoms with E-state index in [4.69, 9.17) is 16.3 Å². The molecule has 6 heteroatoms. The van der Waals surface area contributed by atoms with Crippen molar-refractivity contribution in [3.05, 3.63) is 64.7 Å². The van der Waals surface area contributed by atoms with Crippen LogP contribution in [0, 0.1) is 6.92 Å². The first-order chi connectivity index (χ1) is 14.9. The van der Waals surface area contributed by atoms with Crippen LogP contribution >= 0.6 is 11.6 Å². The van der Waals surface area contributed by atoms with E-state index in [9.17, 15) is 9.59 Å². The summed E-state index contributed by atoms with van der Waals surface area (Å²) >= 11 is 5.91. The van der Waals surface area contributed by atoms with Gasteiger partial charge in [-0.1, -0.05) is 55.1 Å². The lowest BCUT2D eigenvalue weighted by atomic mass is 9.95. The normalized spacial score (nSPS) is 15.2. The van der Waals surface area contributed by atoms with Crippen LogP contribution in [-0.4, -0.2) is 35.4 Å². The zero-order valence-corrected chi connectivity index (χ0v) is 19.0. The van der Waals surface area contributed by atoms with Crippen LogP contribution < -0.4 is 10.1 Å². The van der Waals surface area contributed by atoms with Gasteiger partial charge in [-0.25, -0.2) is 0 Å². The molecule has 166 valence electrons. The average molecular weight is 443 g/mol. The van der Waals surface area contributed by atoms with Gasteiger partial charge in [-0.3, -0.25) is 9.59 Å². The Morgan fingerprint density at radius 2 is 1.77 bits per heavy atom. The van der Waals surface area contributed by atoms with E-state index in [1.807, 2.05) is 31.2 Å². The highest BCUT2D eigenvalue weighted by molar-refractivity contribution is 6.30. The second kappa shape index (κ2) is 11.2.